The standard InChI is InChI=1S/C8H8N4O/c1-2-12-5-6(3-11-12)7-4-10-8(9)13-7/h2-5H,1H2,(H2,9,10). The Morgan fingerprint density at radius 1 is 1.54 bits per heavy atom. The highest BCUT2D eigenvalue weighted by Crippen LogP contribution is 2.19. The van der Waals surface area contributed by atoms with Crippen molar-refractivity contribution in [2.75, 3.05) is 5.73 Å². The first-order chi connectivity index (χ1) is 6.29. The average Bonchev–Trinajstić information content (AvgIpc) is 2.71. The van der Waals surface area contributed by atoms with Crippen LogP contribution in [0, 0.1) is 0 Å². The number of oxazole rings is 1. The minimum atomic E-state index is 0.154. The number of aromatic nitrogens is 3. The molecule has 2 N–H and O–H groups in total. The largest absolute Gasteiger partial charge is 0.424 e. The fraction of sp³-hybridized carbons (Fsp3) is 0. The summed E-state index contributed by atoms with van der Waals surface area (Å²) in [6.07, 6.45) is 6.57. The fourth-order valence-electron chi connectivity index (χ4n) is 0.986. The Kier molecular flexibility index (Phi) is 1.63. The molecule has 2 aromatic rings. The number of nitrogens with zero attached hydrogens (tertiary/aromatic N) is 3. The van der Waals surface area contributed by atoms with Gasteiger partial charge in [-0.1, -0.05) is 6.58 Å². The molecule has 0 unspecified atom stereocenters. The van der Waals surface area contributed by atoms with Gasteiger partial charge >= 0.3 is 0 Å². The molecule has 0 radical (unpaired) electrons. The molecule has 2 heterocycles. The van der Waals surface area contributed by atoms with Crippen LogP contribution >= 0.6 is 0 Å². The quantitative estimate of drug-likeness (QED) is 0.746. The van der Waals surface area contributed by atoms with Crippen LogP contribution in [0.15, 0.2) is 29.6 Å². The lowest BCUT2D eigenvalue weighted by molar-refractivity contribution is 0.595. The van der Waals surface area contributed by atoms with Crippen molar-refractivity contribution in [1.29, 1.82) is 0 Å². The van der Waals surface area contributed by atoms with Crippen molar-refractivity contribution in [1.82, 2.24) is 14.8 Å². The molecule has 0 fully saturated rings. The minimum absolute atomic E-state index is 0.154. The number of nitrogen functional groups attached to an aromatic ring is 1. The van der Waals surface area contributed by atoms with E-state index in [1.807, 2.05) is 0 Å². The zero-order valence-electron chi connectivity index (χ0n) is 6.84. The van der Waals surface area contributed by atoms with Crippen molar-refractivity contribution < 1.29 is 4.42 Å². The van der Waals surface area contributed by atoms with Gasteiger partial charge in [0.1, 0.15) is 0 Å². The van der Waals surface area contributed by atoms with E-state index in [-0.39, 0.29) is 6.01 Å². The Labute approximate surface area is 74.5 Å². The maximum Gasteiger partial charge on any atom is 0.292 e. The lowest BCUT2D eigenvalue weighted by atomic mass is 10.3. The molecule has 0 saturated carbocycles. The summed E-state index contributed by atoms with van der Waals surface area (Å²) < 4.78 is 6.68. The van der Waals surface area contributed by atoms with Gasteiger partial charge in [-0.25, -0.2) is 9.67 Å². The molecule has 2 aromatic heterocycles. The molecule has 0 aromatic carbocycles. The summed E-state index contributed by atoms with van der Waals surface area (Å²) in [7, 11) is 0. The van der Waals surface area contributed by atoms with E-state index in [1.165, 1.54) is 0 Å². The Morgan fingerprint density at radius 3 is 2.92 bits per heavy atom. The van der Waals surface area contributed by atoms with Crippen LogP contribution in [0.2, 0.25) is 0 Å². The maximum atomic E-state index is 5.33. The molecule has 5 heteroatoms. The third kappa shape index (κ3) is 1.31. The topological polar surface area (TPSA) is 69.9 Å². The summed E-state index contributed by atoms with van der Waals surface area (Å²) in [5.74, 6) is 0.602. The zero-order chi connectivity index (χ0) is 9.26. The van der Waals surface area contributed by atoms with Gasteiger partial charge in [0.2, 0.25) is 0 Å². The Balaban J connectivity index is 2.40. The molecule has 5 nitrogen and oxygen atoms in total. The van der Waals surface area contributed by atoms with Gasteiger partial charge in [-0.15, -0.1) is 0 Å². The average molecular weight is 176 g/mol. The van der Waals surface area contributed by atoms with Crippen LogP contribution in [0.5, 0.6) is 0 Å². The summed E-state index contributed by atoms with van der Waals surface area (Å²) in [4.78, 5) is 3.78. The first kappa shape index (κ1) is 7.60. The molecule has 0 aliphatic carbocycles. The van der Waals surface area contributed by atoms with Gasteiger partial charge in [0.05, 0.1) is 18.0 Å². The first-order valence-corrected chi connectivity index (χ1v) is 3.68. The smallest absolute Gasteiger partial charge is 0.292 e. The molecule has 0 spiro atoms. The van der Waals surface area contributed by atoms with E-state index in [1.54, 1.807) is 29.5 Å². The number of hydrogen-bond donors (Lipinski definition) is 1. The van der Waals surface area contributed by atoms with Crippen molar-refractivity contribution in [2.45, 2.75) is 0 Å². The third-order valence-corrected chi connectivity index (χ3v) is 1.60. The molecule has 0 saturated heterocycles. The predicted molar refractivity (Wildman–Crippen MR) is 48.5 cm³/mol. The summed E-state index contributed by atoms with van der Waals surface area (Å²) >= 11 is 0. The van der Waals surface area contributed by atoms with Crippen molar-refractivity contribution in [3.63, 3.8) is 0 Å². The number of rotatable bonds is 2. The lowest BCUT2D eigenvalue weighted by Gasteiger charge is -1.86. The van der Waals surface area contributed by atoms with Crippen LogP contribution in [0.4, 0.5) is 6.01 Å². The van der Waals surface area contributed by atoms with Crippen LogP contribution in [0.1, 0.15) is 0 Å². The predicted octanol–water partition coefficient (Wildman–Crippen LogP) is 1.22. The molecule has 0 amide bonds. The minimum Gasteiger partial charge on any atom is -0.424 e. The second-order valence-electron chi connectivity index (χ2n) is 2.45. The summed E-state index contributed by atoms with van der Waals surface area (Å²) in [6.45, 7) is 3.57. The Bertz CT molecular complexity index is 429. The Morgan fingerprint density at radius 2 is 2.38 bits per heavy atom. The van der Waals surface area contributed by atoms with Crippen LogP contribution < -0.4 is 5.73 Å². The third-order valence-electron chi connectivity index (χ3n) is 1.60. The van der Waals surface area contributed by atoms with E-state index in [9.17, 15) is 0 Å². The van der Waals surface area contributed by atoms with Crippen LogP contribution in [0.3, 0.4) is 0 Å². The monoisotopic (exact) mass is 176 g/mol. The summed E-state index contributed by atoms with van der Waals surface area (Å²) in [5.41, 5.74) is 6.15. The number of hydrogen-bond acceptors (Lipinski definition) is 4. The molecule has 13 heavy (non-hydrogen) atoms. The van der Waals surface area contributed by atoms with Crippen LogP contribution in [-0.2, 0) is 0 Å². The molecule has 0 bridgehead atoms. The maximum absolute atomic E-state index is 5.33. The van der Waals surface area contributed by atoms with Crippen LogP contribution in [-0.4, -0.2) is 14.8 Å². The second-order valence-corrected chi connectivity index (χ2v) is 2.45. The van der Waals surface area contributed by atoms with Gasteiger partial charge in [0.15, 0.2) is 5.76 Å². The summed E-state index contributed by atoms with van der Waals surface area (Å²) in [6, 6.07) is 0.154. The molecule has 2 rings (SSSR count). The molecule has 0 aliphatic rings. The van der Waals surface area contributed by atoms with Crippen molar-refractivity contribution in [3.8, 4) is 11.3 Å². The number of nitrogens with two attached hydrogens (primary N) is 1. The molecule has 66 valence electrons. The zero-order valence-corrected chi connectivity index (χ0v) is 6.84. The highest BCUT2D eigenvalue weighted by Gasteiger charge is 2.05. The fourth-order valence-corrected chi connectivity index (χ4v) is 0.986. The van der Waals surface area contributed by atoms with Gasteiger partial charge in [0.25, 0.3) is 6.01 Å². The van der Waals surface area contributed by atoms with E-state index >= 15 is 0 Å². The van der Waals surface area contributed by atoms with Gasteiger partial charge in [-0.2, -0.15) is 5.10 Å². The normalized spacial score (nSPS) is 10.2. The summed E-state index contributed by atoms with van der Waals surface area (Å²) in [5, 5.41) is 3.99. The Hall–Kier alpha value is -2.04. The highest BCUT2D eigenvalue weighted by atomic mass is 16.4. The lowest BCUT2D eigenvalue weighted by Crippen LogP contribution is -1.81. The van der Waals surface area contributed by atoms with E-state index in [0.29, 0.717) is 5.76 Å². The van der Waals surface area contributed by atoms with Crippen molar-refractivity contribution in [3.05, 3.63) is 25.2 Å². The van der Waals surface area contributed by atoms with Crippen LogP contribution in [0.25, 0.3) is 17.5 Å². The molecule has 0 aliphatic heterocycles. The molecular weight excluding hydrogens is 168 g/mol. The highest BCUT2D eigenvalue weighted by molar-refractivity contribution is 5.55. The van der Waals surface area contributed by atoms with Gasteiger partial charge in [0, 0.05) is 12.4 Å². The van der Waals surface area contributed by atoms with Crippen molar-refractivity contribution in [2.24, 2.45) is 0 Å². The second kappa shape index (κ2) is 2.78. The van der Waals surface area contributed by atoms with E-state index in [4.69, 9.17) is 10.2 Å². The SMILES string of the molecule is C=Cn1cc(-c2cnc(N)o2)cn1. The molecular formula is C8H8N4O. The van der Waals surface area contributed by atoms with E-state index in [2.05, 4.69) is 16.7 Å². The molecule has 0 atom stereocenters. The number of anilines is 1. The van der Waals surface area contributed by atoms with Gasteiger partial charge < -0.3 is 10.2 Å². The van der Waals surface area contributed by atoms with Crippen molar-refractivity contribution >= 4 is 12.2 Å². The van der Waals surface area contributed by atoms with E-state index < -0.39 is 0 Å². The van der Waals surface area contributed by atoms with Gasteiger partial charge in [-0.3, -0.25) is 0 Å². The first-order valence-electron chi connectivity index (χ1n) is 3.68. The van der Waals surface area contributed by atoms with E-state index in [0.717, 1.165) is 5.56 Å². The van der Waals surface area contributed by atoms with Gasteiger partial charge in [-0.05, 0) is 0 Å².